The predicted molar refractivity (Wildman–Crippen MR) is 131 cm³/mol. The van der Waals surface area contributed by atoms with Crippen LogP contribution in [0.1, 0.15) is 63.3 Å². The fraction of sp³-hybridized carbons (Fsp3) is 0.600. The summed E-state index contributed by atoms with van der Waals surface area (Å²) in [7, 11) is 1.21. The average Bonchev–Trinajstić information content (AvgIpc) is 2.79. The fourth-order valence-corrected chi connectivity index (χ4v) is 3.38. The van der Waals surface area contributed by atoms with Gasteiger partial charge in [-0.3, -0.25) is 14.4 Å². The maximum atomic E-state index is 13.6. The number of ether oxygens (including phenoxy) is 2. The van der Waals surface area contributed by atoms with Crippen molar-refractivity contribution in [3.05, 3.63) is 34.9 Å². The monoisotopic (exact) mass is 493 g/mol. The standard InChI is InChI=1S/C25H39N3O7/c1-8-9-13-28(23(32)19(15-29)27-24(33)35-25(4,5)6)21(22(31)26-14-20(30)34-7)18-12-10-11-16(2)17(18)3/h10-12,19,21,29H,8-9,13-15H2,1-7H3,(H,26,31)(H,27,33). The number of alkyl carbamates (subject to hydrolysis) is 1. The molecule has 0 spiro atoms. The van der Waals surface area contributed by atoms with Crippen molar-refractivity contribution in [2.24, 2.45) is 0 Å². The summed E-state index contributed by atoms with van der Waals surface area (Å²) < 4.78 is 9.84. The number of esters is 1. The molecule has 0 heterocycles. The van der Waals surface area contributed by atoms with E-state index in [1.165, 1.54) is 12.0 Å². The van der Waals surface area contributed by atoms with Crippen LogP contribution in [0.15, 0.2) is 18.2 Å². The topological polar surface area (TPSA) is 134 Å². The van der Waals surface area contributed by atoms with E-state index in [1.54, 1.807) is 32.9 Å². The summed E-state index contributed by atoms with van der Waals surface area (Å²) in [6, 6.07) is 2.98. The molecule has 10 heteroatoms. The molecule has 0 saturated heterocycles. The lowest BCUT2D eigenvalue weighted by molar-refractivity contribution is -0.145. The number of amides is 3. The number of hydrogen-bond acceptors (Lipinski definition) is 7. The van der Waals surface area contributed by atoms with Gasteiger partial charge in [0.1, 0.15) is 24.2 Å². The average molecular weight is 494 g/mol. The normalized spacial score (nSPS) is 12.8. The largest absolute Gasteiger partial charge is 0.468 e. The van der Waals surface area contributed by atoms with Gasteiger partial charge in [0.2, 0.25) is 11.8 Å². The number of aliphatic hydroxyl groups is 1. The lowest BCUT2D eigenvalue weighted by Gasteiger charge is -2.35. The number of nitrogens with one attached hydrogen (secondary N) is 2. The van der Waals surface area contributed by atoms with Gasteiger partial charge in [0, 0.05) is 6.54 Å². The van der Waals surface area contributed by atoms with Crippen LogP contribution in [0.3, 0.4) is 0 Å². The van der Waals surface area contributed by atoms with E-state index in [0.717, 1.165) is 17.5 Å². The van der Waals surface area contributed by atoms with Gasteiger partial charge in [-0.2, -0.15) is 0 Å². The molecule has 1 rings (SSSR count). The second kappa shape index (κ2) is 13.7. The Labute approximate surface area is 207 Å². The molecule has 1 aromatic rings. The summed E-state index contributed by atoms with van der Waals surface area (Å²) in [6.45, 7) is 9.84. The summed E-state index contributed by atoms with van der Waals surface area (Å²) in [5, 5.41) is 14.9. The van der Waals surface area contributed by atoms with Crippen molar-refractivity contribution in [1.29, 1.82) is 0 Å². The van der Waals surface area contributed by atoms with Crippen LogP contribution >= 0.6 is 0 Å². The molecule has 0 aliphatic heterocycles. The van der Waals surface area contributed by atoms with Gasteiger partial charge in [0.05, 0.1) is 13.7 Å². The molecule has 35 heavy (non-hydrogen) atoms. The number of unbranched alkanes of at least 4 members (excludes halogenated alkanes) is 1. The fourth-order valence-electron chi connectivity index (χ4n) is 3.38. The van der Waals surface area contributed by atoms with Crippen LogP contribution in [0.25, 0.3) is 0 Å². The summed E-state index contributed by atoms with van der Waals surface area (Å²) in [4.78, 5) is 52.3. The van der Waals surface area contributed by atoms with Gasteiger partial charge >= 0.3 is 12.1 Å². The minimum Gasteiger partial charge on any atom is -0.468 e. The second-order valence-electron chi connectivity index (χ2n) is 9.25. The molecule has 0 aliphatic carbocycles. The number of aryl methyl sites for hydroxylation is 1. The molecule has 3 amide bonds. The first-order valence-electron chi connectivity index (χ1n) is 11.7. The molecular weight excluding hydrogens is 454 g/mol. The summed E-state index contributed by atoms with van der Waals surface area (Å²) in [5.41, 5.74) is 1.50. The predicted octanol–water partition coefficient (Wildman–Crippen LogP) is 2.15. The van der Waals surface area contributed by atoms with Gasteiger partial charge in [-0.15, -0.1) is 0 Å². The maximum absolute atomic E-state index is 13.6. The molecule has 0 saturated carbocycles. The van der Waals surface area contributed by atoms with Crippen molar-refractivity contribution in [1.82, 2.24) is 15.5 Å². The molecule has 0 aliphatic rings. The Bertz CT molecular complexity index is 896. The highest BCUT2D eigenvalue weighted by atomic mass is 16.6. The van der Waals surface area contributed by atoms with Crippen LogP contribution in [0.5, 0.6) is 0 Å². The first-order valence-corrected chi connectivity index (χ1v) is 11.7. The molecular formula is C25H39N3O7. The van der Waals surface area contributed by atoms with Crippen LogP contribution in [-0.2, 0) is 23.9 Å². The zero-order chi connectivity index (χ0) is 26.8. The van der Waals surface area contributed by atoms with Crippen molar-refractivity contribution in [3.63, 3.8) is 0 Å². The molecule has 0 bridgehead atoms. The molecule has 1 aromatic carbocycles. The maximum Gasteiger partial charge on any atom is 0.408 e. The van der Waals surface area contributed by atoms with E-state index in [9.17, 15) is 24.3 Å². The van der Waals surface area contributed by atoms with Crippen molar-refractivity contribution in [3.8, 4) is 0 Å². The van der Waals surface area contributed by atoms with Gasteiger partial charge in [-0.05, 0) is 57.7 Å². The summed E-state index contributed by atoms with van der Waals surface area (Å²) >= 11 is 0. The number of benzene rings is 1. The van der Waals surface area contributed by atoms with Crippen LogP contribution in [0, 0.1) is 13.8 Å². The smallest absolute Gasteiger partial charge is 0.408 e. The van der Waals surface area contributed by atoms with Crippen molar-refractivity contribution in [2.75, 3.05) is 26.8 Å². The van der Waals surface area contributed by atoms with Crippen molar-refractivity contribution >= 4 is 23.9 Å². The van der Waals surface area contributed by atoms with Crippen LogP contribution in [-0.4, -0.2) is 72.3 Å². The Morgan fingerprint density at radius 1 is 1.14 bits per heavy atom. The number of hydrogen-bond donors (Lipinski definition) is 3. The Morgan fingerprint density at radius 3 is 2.34 bits per heavy atom. The Hall–Kier alpha value is -3.14. The van der Waals surface area contributed by atoms with Crippen molar-refractivity contribution in [2.45, 2.75) is 72.1 Å². The third-order valence-electron chi connectivity index (χ3n) is 5.34. The first kappa shape index (κ1) is 29.9. The van der Waals surface area contributed by atoms with E-state index in [2.05, 4.69) is 15.4 Å². The van der Waals surface area contributed by atoms with Gasteiger partial charge in [0.15, 0.2) is 0 Å². The highest BCUT2D eigenvalue weighted by Crippen LogP contribution is 2.27. The summed E-state index contributed by atoms with van der Waals surface area (Å²) in [6.07, 6.45) is 0.442. The highest BCUT2D eigenvalue weighted by Gasteiger charge is 2.36. The highest BCUT2D eigenvalue weighted by molar-refractivity contribution is 5.93. The van der Waals surface area contributed by atoms with E-state index in [-0.39, 0.29) is 13.1 Å². The molecule has 3 N–H and O–H groups in total. The minimum atomic E-state index is -1.33. The lowest BCUT2D eigenvalue weighted by atomic mass is 9.95. The van der Waals surface area contributed by atoms with Crippen molar-refractivity contribution < 1.29 is 33.8 Å². The lowest BCUT2D eigenvalue weighted by Crippen LogP contribution is -2.55. The Balaban J connectivity index is 3.44. The van der Waals surface area contributed by atoms with E-state index < -0.39 is 48.2 Å². The number of carbonyl (C=O) groups excluding carboxylic acids is 4. The molecule has 10 nitrogen and oxygen atoms in total. The number of rotatable bonds is 11. The van der Waals surface area contributed by atoms with Gasteiger partial charge in [-0.25, -0.2) is 4.79 Å². The molecule has 2 unspecified atom stereocenters. The number of carbonyl (C=O) groups is 4. The molecule has 196 valence electrons. The third-order valence-corrected chi connectivity index (χ3v) is 5.34. The van der Waals surface area contributed by atoms with E-state index in [4.69, 9.17) is 4.74 Å². The zero-order valence-electron chi connectivity index (χ0n) is 21.8. The number of aliphatic hydroxyl groups excluding tert-OH is 1. The zero-order valence-corrected chi connectivity index (χ0v) is 21.8. The number of methoxy groups -OCH3 is 1. The Morgan fingerprint density at radius 2 is 1.80 bits per heavy atom. The Kier molecular flexibility index (Phi) is 11.7. The molecule has 2 atom stereocenters. The summed E-state index contributed by atoms with van der Waals surface area (Å²) in [5.74, 6) is -1.86. The van der Waals surface area contributed by atoms with E-state index >= 15 is 0 Å². The van der Waals surface area contributed by atoms with E-state index in [1.807, 2.05) is 26.8 Å². The second-order valence-corrected chi connectivity index (χ2v) is 9.25. The molecule has 0 radical (unpaired) electrons. The van der Waals surface area contributed by atoms with Gasteiger partial charge in [-0.1, -0.05) is 31.5 Å². The van der Waals surface area contributed by atoms with Gasteiger partial charge < -0.3 is 30.1 Å². The van der Waals surface area contributed by atoms with E-state index in [0.29, 0.717) is 12.0 Å². The number of nitrogens with zero attached hydrogens (tertiary/aromatic N) is 1. The van der Waals surface area contributed by atoms with Crippen LogP contribution in [0.2, 0.25) is 0 Å². The minimum absolute atomic E-state index is 0.186. The quantitative estimate of drug-likeness (QED) is 0.402. The molecule has 0 fully saturated rings. The van der Waals surface area contributed by atoms with Crippen LogP contribution in [0.4, 0.5) is 4.79 Å². The SMILES string of the molecule is CCCCN(C(=O)C(CO)NC(=O)OC(C)(C)C)C(C(=O)NCC(=O)OC)c1cccc(C)c1C. The first-order chi connectivity index (χ1) is 16.4. The third kappa shape index (κ3) is 9.20. The molecule has 0 aromatic heterocycles. The van der Waals surface area contributed by atoms with Crippen LogP contribution < -0.4 is 10.6 Å². The van der Waals surface area contributed by atoms with Gasteiger partial charge in [0.25, 0.3) is 0 Å².